The molecular formula is C10H14ClN3O3S2. The van der Waals surface area contributed by atoms with Crippen LogP contribution in [0.2, 0.25) is 5.15 Å². The molecule has 0 radical (unpaired) electrons. The van der Waals surface area contributed by atoms with Crippen molar-refractivity contribution in [3.05, 3.63) is 16.7 Å². The van der Waals surface area contributed by atoms with Crippen LogP contribution in [-0.2, 0) is 10.0 Å². The number of hydrogen-bond donors (Lipinski definition) is 1. The van der Waals surface area contributed by atoms with Gasteiger partial charge in [-0.1, -0.05) is 11.6 Å². The molecule has 2 aromatic rings. The van der Waals surface area contributed by atoms with E-state index >= 15 is 0 Å². The van der Waals surface area contributed by atoms with Gasteiger partial charge >= 0.3 is 0 Å². The molecule has 1 N–H and O–H groups in total. The number of sulfonamides is 1. The highest BCUT2D eigenvalue weighted by atomic mass is 35.5. The quantitative estimate of drug-likeness (QED) is 0.924. The molecule has 0 fully saturated rings. The number of hydrogen-bond acceptors (Lipinski definition) is 5. The van der Waals surface area contributed by atoms with Crippen LogP contribution in [0.15, 0.2) is 16.6 Å². The molecule has 6 nitrogen and oxygen atoms in total. The molecule has 106 valence electrons. The van der Waals surface area contributed by atoms with Crippen LogP contribution in [0.5, 0.6) is 0 Å². The number of imidazole rings is 1. The van der Waals surface area contributed by atoms with E-state index in [4.69, 9.17) is 11.6 Å². The minimum absolute atomic E-state index is 0.0626. The van der Waals surface area contributed by atoms with Crippen LogP contribution in [0.1, 0.15) is 13.8 Å². The van der Waals surface area contributed by atoms with E-state index < -0.39 is 15.6 Å². The maximum atomic E-state index is 12.6. The predicted octanol–water partition coefficient (Wildman–Crippen LogP) is 1.44. The summed E-state index contributed by atoms with van der Waals surface area (Å²) >= 11 is 7.24. The van der Waals surface area contributed by atoms with Crippen LogP contribution < -0.4 is 0 Å². The highest BCUT2D eigenvalue weighted by Crippen LogP contribution is 2.30. The van der Waals surface area contributed by atoms with Gasteiger partial charge in [-0.05, 0) is 13.8 Å². The average molecular weight is 324 g/mol. The lowest BCUT2D eigenvalue weighted by atomic mass is 10.1. The first kappa shape index (κ1) is 14.7. The summed E-state index contributed by atoms with van der Waals surface area (Å²) in [6, 6.07) is 0. The van der Waals surface area contributed by atoms with Gasteiger partial charge in [-0.3, -0.25) is 4.40 Å². The lowest BCUT2D eigenvalue weighted by molar-refractivity contribution is 0.137. The van der Waals surface area contributed by atoms with E-state index in [2.05, 4.69) is 4.98 Å². The van der Waals surface area contributed by atoms with Crippen molar-refractivity contribution in [2.45, 2.75) is 24.4 Å². The molecule has 0 atom stereocenters. The normalized spacial score (nSPS) is 13.6. The van der Waals surface area contributed by atoms with Gasteiger partial charge in [-0.15, -0.1) is 11.3 Å². The van der Waals surface area contributed by atoms with Gasteiger partial charge in [0.05, 0.1) is 12.1 Å². The van der Waals surface area contributed by atoms with Gasteiger partial charge in [-0.25, -0.2) is 13.4 Å². The first-order valence-corrected chi connectivity index (χ1v) is 8.12. The average Bonchev–Trinajstić information content (AvgIpc) is 2.86. The van der Waals surface area contributed by atoms with Gasteiger partial charge in [0.2, 0.25) is 0 Å². The standard InChI is InChI=1S/C10H14ClN3O3S2/c1-10(2,6-15)13(3)19(16,17)8-7(11)12-9-14(8)4-5-18-9/h4-5,15H,6H2,1-3H3. The van der Waals surface area contributed by atoms with Crippen molar-refractivity contribution in [2.24, 2.45) is 0 Å². The Kier molecular flexibility index (Phi) is 3.65. The fourth-order valence-corrected chi connectivity index (χ4v) is 4.43. The first-order chi connectivity index (χ1) is 8.71. The smallest absolute Gasteiger partial charge is 0.262 e. The Hall–Kier alpha value is -0.670. The SMILES string of the molecule is CN(C(C)(C)CO)S(=O)(=O)c1c(Cl)nc2sccn12. The number of thiazole rings is 1. The summed E-state index contributed by atoms with van der Waals surface area (Å²) in [4.78, 5) is 4.52. The van der Waals surface area contributed by atoms with E-state index in [1.165, 1.54) is 22.8 Å². The number of halogens is 1. The Morgan fingerprint density at radius 2 is 2.21 bits per heavy atom. The van der Waals surface area contributed by atoms with Crippen molar-refractivity contribution in [2.75, 3.05) is 13.7 Å². The van der Waals surface area contributed by atoms with Crippen LogP contribution in [0.25, 0.3) is 4.96 Å². The molecule has 0 amide bonds. The third kappa shape index (κ3) is 2.27. The lowest BCUT2D eigenvalue weighted by Crippen LogP contribution is -2.47. The van der Waals surface area contributed by atoms with Crippen LogP contribution >= 0.6 is 22.9 Å². The van der Waals surface area contributed by atoms with Crippen molar-refractivity contribution >= 4 is 37.9 Å². The second kappa shape index (κ2) is 4.71. The molecule has 0 bridgehead atoms. The van der Waals surface area contributed by atoms with E-state index in [0.717, 1.165) is 4.31 Å². The van der Waals surface area contributed by atoms with Gasteiger partial charge in [0.15, 0.2) is 15.1 Å². The maximum Gasteiger partial charge on any atom is 0.262 e. The molecule has 0 aliphatic carbocycles. The van der Waals surface area contributed by atoms with E-state index in [1.807, 2.05) is 0 Å². The fraction of sp³-hybridized carbons (Fsp3) is 0.500. The van der Waals surface area contributed by atoms with Crippen molar-refractivity contribution in [1.29, 1.82) is 0 Å². The number of aliphatic hydroxyl groups is 1. The van der Waals surface area contributed by atoms with E-state index in [1.54, 1.807) is 25.4 Å². The Bertz CT molecular complexity index is 705. The van der Waals surface area contributed by atoms with Crippen molar-refractivity contribution in [3.8, 4) is 0 Å². The van der Waals surface area contributed by atoms with Crippen molar-refractivity contribution in [3.63, 3.8) is 0 Å². The van der Waals surface area contributed by atoms with Crippen molar-refractivity contribution in [1.82, 2.24) is 13.7 Å². The molecule has 19 heavy (non-hydrogen) atoms. The van der Waals surface area contributed by atoms with E-state index in [9.17, 15) is 13.5 Å². The van der Waals surface area contributed by atoms with Gasteiger partial charge in [0, 0.05) is 18.6 Å². The molecule has 2 rings (SSSR count). The second-order valence-corrected chi connectivity index (χ2v) is 7.82. The summed E-state index contributed by atoms with van der Waals surface area (Å²) in [5.41, 5.74) is -0.928. The van der Waals surface area contributed by atoms with Crippen LogP contribution in [0, 0.1) is 0 Å². The number of aliphatic hydroxyl groups excluding tert-OH is 1. The molecule has 0 aliphatic rings. The van der Waals surface area contributed by atoms with Crippen LogP contribution in [0.4, 0.5) is 0 Å². The summed E-state index contributed by atoms with van der Waals surface area (Å²) in [6.07, 6.45) is 1.60. The monoisotopic (exact) mass is 323 g/mol. The number of aromatic nitrogens is 2. The van der Waals surface area contributed by atoms with Gasteiger partial charge < -0.3 is 5.11 Å². The molecule has 0 saturated heterocycles. The predicted molar refractivity (Wildman–Crippen MR) is 74.2 cm³/mol. The number of nitrogens with zero attached hydrogens (tertiary/aromatic N) is 3. The molecule has 9 heteroatoms. The Morgan fingerprint density at radius 1 is 1.58 bits per heavy atom. The molecule has 0 saturated carbocycles. The Balaban J connectivity index is 2.62. The molecule has 0 spiro atoms. The third-order valence-corrected chi connectivity index (χ3v) is 6.25. The van der Waals surface area contributed by atoms with E-state index in [0.29, 0.717) is 4.96 Å². The lowest BCUT2D eigenvalue weighted by Gasteiger charge is -2.32. The van der Waals surface area contributed by atoms with Crippen LogP contribution in [-0.4, -0.2) is 46.4 Å². The minimum Gasteiger partial charge on any atom is -0.394 e. The highest BCUT2D eigenvalue weighted by molar-refractivity contribution is 7.89. The molecule has 2 heterocycles. The summed E-state index contributed by atoms with van der Waals surface area (Å²) in [6.45, 7) is 2.96. The molecule has 0 unspecified atom stereocenters. The van der Waals surface area contributed by atoms with Crippen molar-refractivity contribution < 1.29 is 13.5 Å². The zero-order valence-corrected chi connectivity index (χ0v) is 13.1. The van der Waals surface area contributed by atoms with Gasteiger partial charge in [-0.2, -0.15) is 4.31 Å². The summed E-state index contributed by atoms with van der Waals surface area (Å²) in [7, 11) is -2.43. The Morgan fingerprint density at radius 3 is 2.79 bits per heavy atom. The maximum absolute atomic E-state index is 12.6. The zero-order valence-electron chi connectivity index (χ0n) is 10.7. The molecule has 0 aromatic carbocycles. The largest absolute Gasteiger partial charge is 0.394 e. The number of fused-ring (bicyclic) bond motifs is 1. The first-order valence-electron chi connectivity index (χ1n) is 5.43. The number of rotatable bonds is 4. The highest BCUT2D eigenvalue weighted by Gasteiger charge is 2.37. The molecule has 0 aliphatic heterocycles. The van der Waals surface area contributed by atoms with Crippen LogP contribution in [0.3, 0.4) is 0 Å². The topological polar surface area (TPSA) is 74.9 Å². The van der Waals surface area contributed by atoms with Gasteiger partial charge in [0.1, 0.15) is 0 Å². The van der Waals surface area contributed by atoms with Gasteiger partial charge in [0.25, 0.3) is 10.0 Å². The molecule has 2 aromatic heterocycles. The van der Waals surface area contributed by atoms with E-state index in [-0.39, 0.29) is 16.8 Å². The fourth-order valence-electron chi connectivity index (χ4n) is 1.52. The minimum atomic E-state index is -3.84. The summed E-state index contributed by atoms with van der Waals surface area (Å²) < 4.78 is 27.8. The Labute approximate surface area is 120 Å². The summed E-state index contributed by atoms with van der Waals surface area (Å²) in [5, 5.41) is 10.9. The zero-order chi connectivity index (χ0) is 14.4. The third-order valence-electron chi connectivity index (χ3n) is 3.02. The second-order valence-electron chi connectivity index (χ2n) is 4.71. The molecular weight excluding hydrogens is 310 g/mol. The number of likely N-dealkylation sites (N-methyl/N-ethyl adjacent to an activating group) is 1. The summed E-state index contributed by atoms with van der Waals surface area (Å²) in [5.74, 6) is 0.